The van der Waals surface area contributed by atoms with Crippen molar-refractivity contribution in [2.24, 2.45) is 0 Å². The Hall–Kier alpha value is -7.29. The van der Waals surface area contributed by atoms with E-state index in [-0.39, 0.29) is 68.2 Å². The number of esters is 2. The van der Waals surface area contributed by atoms with Gasteiger partial charge in [0.1, 0.15) is 16.5 Å². The molecule has 0 bridgehead atoms. The first-order valence-electron chi connectivity index (χ1n) is 21.0. The summed E-state index contributed by atoms with van der Waals surface area (Å²) >= 11 is 2.13. The number of hydrogen-bond donors (Lipinski definition) is 5. The average Bonchev–Trinajstić information content (AvgIpc) is 3.99. The van der Waals surface area contributed by atoms with Gasteiger partial charge in [-0.2, -0.15) is 0 Å². The lowest BCUT2D eigenvalue weighted by atomic mass is 10.1. The molecule has 0 atom stereocenters. The number of imide groups is 1. The molecule has 0 radical (unpaired) electrons. The number of anilines is 4. The van der Waals surface area contributed by atoms with Crippen LogP contribution in [0.4, 0.5) is 21.4 Å². The Morgan fingerprint density at radius 2 is 1.17 bits per heavy atom. The second kappa shape index (κ2) is 21.4. The lowest BCUT2D eigenvalue weighted by Crippen LogP contribution is -2.37. The van der Waals surface area contributed by atoms with Crippen molar-refractivity contribution in [3.63, 3.8) is 0 Å². The van der Waals surface area contributed by atoms with E-state index in [1.54, 1.807) is 49.4 Å². The molecule has 0 saturated heterocycles. The van der Waals surface area contributed by atoms with E-state index in [1.807, 2.05) is 18.2 Å². The van der Waals surface area contributed by atoms with Crippen LogP contribution >= 0.6 is 22.7 Å². The first kappa shape index (κ1) is 51.6. The Morgan fingerprint density at radius 1 is 0.606 bits per heavy atom. The van der Waals surface area contributed by atoms with Gasteiger partial charge in [0.05, 0.1) is 59.4 Å². The van der Waals surface area contributed by atoms with Crippen molar-refractivity contribution in [1.29, 1.82) is 0 Å². The van der Waals surface area contributed by atoms with Gasteiger partial charge in [-0.1, -0.05) is 60.7 Å². The third-order valence-electron chi connectivity index (χ3n) is 10.1. The number of nitrogens with zero attached hydrogens (tertiary/aromatic N) is 1. The third kappa shape index (κ3) is 13.1. The number of hydrogen-bond acceptors (Lipinski definition) is 16. The number of amides is 4. The smallest absolute Gasteiger partial charge is 0.341 e. The summed E-state index contributed by atoms with van der Waals surface area (Å²) in [5, 5.41) is 5.43. The van der Waals surface area contributed by atoms with Gasteiger partial charge in [-0.15, -0.1) is 22.7 Å². The first-order valence-corrected chi connectivity index (χ1v) is 27.9. The molecule has 6 aromatic rings. The Balaban J connectivity index is 0.986. The standard InChI is InChI=1S/C46H42N6O14S5/c1-4-65-45(57)35-23-38(68-41(35)48-39(53)25-47-71(63,64)32-12-8-11-30(21-32)50-69(2,59)60)29-15-13-27(14-16-29)19-20-66-46(58)36-24-37(28-9-6-5-7-10-28)67-42(36)49-40(54)26-52-43(55)33-18-17-31(51-70(3,61)62)22-34(33)44(52)56/h5-18,21-24,47,50-51H,4,19-20,25-26H2,1-3H3,(H,48,53)(H,49,54). The Morgan fingerprint density at radius 3 is 1.77 bits per heavy atom. The van der Waals surface area contributed by atoms with Gasteiger partial charge in [-0.05, 0) is 72.1 Å². The fraction of sp³-hybridized carbons (Fsp3) is 0.174. The Bertz CT molecular complexity index is 3430. The fourth-order valence-corrected chi connectivity index (χ4v) is 11.2. The van der Waals surface area contributed by atoms with Crippen molar-refractivity contribution >= 4 is 110 Å². The van der Waals surface area contributed by atoms with Crippen LogP contribution in [0.15, 0.2) is 114 Å². The molecule has 1 aliphatic rings. The monoisotopic (exact) mass is 1060 g/mol. The molecule has 20 nitrogen and oxygen atoms in total. The number of carbonyl (C=O) groups is 6. The summed E-state index contributed by atoms with van der Waals surface area (Å²) in [6.45, 7) is 0.139. The Labute approximate surface area is 415 Å². The number of nitrogens with one attached hydrogen (secondary N) is 5. The van der Waals surface area contributed by atoms with Gasteiger partial charge in [-0.3, -0.25) is 33.5 Å². The zero-order valence-electron chi connectivity index (χ0n) is 37.6. The molecular weight excluding hydrogens is 1020 g/mol. The molecule has 5 N–H and O–H groups in total. The first-order chi connectivity index (χ1) is 33.6. The van der Waals surface area contributed by atoms with E-state index in [1.165, 1.54) is 42.5 Å². The number of ether oxygens (including phenoxy) is 2. The highest BCUT2D eigenvalue weighted by molar-refractivity contribution is 7.92. The molecule has 3 heterocycles. The van der Waals surface area contributed by atoms with Crippen molar-refractivity contribution in [2.45, 2.75) is 18.2 Å². The molecule has 25 heteroatoms. The van der Waals surface area contributed by atoms with Crippen LogP contribution in [0.2, 0.25) is 0 Å². The Kier molecular flexibility index (Phi) is 15.5. The molecule has 4 aromatic carbocycles. The third-order valence-corrected chi connectivity index (χ3v) is 14.9. The number of carbonyl (C=O) groups excluding carboxylic acids is 6. The predicted molar refractivity (Wildman–Crippen MR) is 267 cm³/mol. The van der Waals surface area contributed by atoms with Crippen LogP contribution in [-0.2, 0) is 55.6 Å². The van der Waals surface area contributed by atoms with Gasteiger partial charge < -0.3 is 20.1 Å². The maximum absolute atomic E-state index is 13.6. The predicted octanol–water partition coefficient (Wildman–Crippen LogP) is 5.61. The van der Waals surface area contributed by atoms with Crippen LogP contribution in [0.25, 0.3) is 20.9 Å². The van der Waals surface area contributed by atoms with Crippen molar-refractivity contribution in [1.82, 2.24) is 9.62 Å². The van der Waals surface area contributed by atoms with E-state index in [9.17, 15) is 54.0 Å². The van der Waals surface area contributed by atoms with Gasteiger partial charge in [-0.25, -0.2) is 39.6 Å². The minimum Gasteiger partial charge on any atom is -0.462 e. The summed E-state index contributed by atoms with van der Waals surface area (Å²) in [6.07, 6.45) is 2.11. The van der Waals surface area contributed by atoms with E-state index >= 15 is 0 Å². The van der Waals surface area contributed by atoms with E-state index in [0.717, 1.165) is 57.3 Å². The highest BCUT2D eigenvalue weighted by Gasteiger charge is 2.37. The van der Waals surface area contributed by atoms with E-state index in [4.69, 9.17) is 9.47 Å². The van der Waals surface area contributed by atoms with Crippen LogP contribution < -0.4 is 24.8 Å². The molecule has 71 heavy (non-hydrogen) atoms. The SMILES string of the molecule is CCOC(=O)c1cc(-c2ccc(CCOC(=O)c3cc(-c4ccccc4)sc3NC(=O)CN3C(=O)c4ccc(NS(C)(=O)=O)cc4C3=O)cc2)sc1NC(=O)CNS(=O)(=O)c1cccc(NS(C)(=O)=O)c1. The normalized spacial score (nSPS) is 12.5. The lowest BCUT2D eigenvalue weighted by Gasteiger charge is -2.13. The molecular formula is C46H42N6O14S5. The molecule has 0 saturated carbocycles. The second-order valence-corrected chi connectivity index (χ2v) is 22.9. The maximum Gasteiger partial charge on any atom is 0.341 e. The largest absolute Gasteiger partial charge is 0.462 e. The number of fused-ring (bicyclic) bond motifs is 1. The molecule has 0 aliphatic carbocycles. The quantitative estimate of drug-likeness (QED) is 0.0459. The molecule has 0 spiro atoms. The molecule has 4 amide bonds. The van der Waals surface area contributed by atoms with Crippen LogP contribution in [0.3, 0.4) is 0 Å². The van der Waals surface area contributed by atoms with Gasteiger partial charge in [0, 0.05) is 27.5 Å². The summed E-state index contributed by atoms with van der Waals surface area (Å²) in [5.74, 6) is -4.63. The van der Waals surface area contributed by atoms with Gasteiger partial charge in [0.2, 0.25) is 41.9 Å². The van der Waals surface area contributed by atoms with Crippen LogP contribution in [0, 0.1) is 0 Å². The molecule has 0 fully saturated rings. The number of thiophene rings is 2. The fourth-order valence-electron chi connectivity index (χ4n) is 6.92. The number of sulfonamides is 3. The summed E-state index contributed by atoms with van der Waals surface area (Å²) in [4.78, 5) is 81.0. The van der Waals surface area contributed by atoms with Gasteiger partial charge in [0.25, 0.3) is 11.8 Å². The maximum atomic E-state index is 13.6. The summed E-state index contributed by atoms with van der Waals surface area (Å²) in [5.41, 5.74) is 2.18. The van der Waals surface area contributed by atoms with Crippen LogP contribution in [0.5, 0.6) is 0 Å². The number of rotatable bonds is 20. The van der Waals surface area contributed by atoms with Crippen molar-refractivity contribution in [2.75, 3.05) is 58.9 Å². The van der Waals surface area contributed by atoms with Gasteiger partial charge >= 0.3 is 11.9 Å². The highest BCUT2D eigenvalue weighted by Crippen LogP contribution is 2.38. The highest BCUT2D eigenvalue weighted by atomic mass is 32.2. The van der Waals surface area contributed by atoms with Crippen molar-refractivity contribution < 1.29 is 63.5 Å². The van der Waals surface area contributed by atoms with E-state index in [0.29, 0.717) is 15.3 Å². The lowest BCUT2D eigenvalue weighted by molar-refractivity contribution is -0.116. The molecule has 2 aromatic heterocycles. The van der Waals surface area contributed by atoms with E-state index in [2.05, 4.69) is 24.8 Å². The summed E-state index contributed by atoms with van der Waals surface area (Å²) in [6, 6.07) is 28.0. The summed E-state index contributed by atoms with van der Waals surface area (Å²) in [7, 11) is -11.6. The van der Waals surface area contributed by atoms with E-state index < -0.39 is 78.7 Å². The van der Waals surface area contributed by atoms with Crippen molar-refractivity contribution in [3.05, 3.63) is 137 Å². The van der Waals surface area contributed by atoms with Crippen LogP contribution in [-0.4, -0.2) is 105 Å². The van der Waals surface area contributed by atoms with Crippen molar-refractivity contribution in [3.8, 4) is 20.9 Å². The molecule has 0 unspecified atom stereocenters. The molecule has 1 aliphatic heterocycles. The second-order valence-electron chi connectivity index (χ2n) is 15.5. The topological polar surface area (TPSA) is 287 Å². The molecule has 7 rings (SSSR count). The zero-order chi connectivity index (χ0) is 51.3. The number of benzene rings is 4. The molecule has 370 valence electrons. The summed E-state index contributed by atoms with van der Waals surface area (Å²) < 4.78 is 90.1. The van der Waals surface area contributed by atoms with Gasteiger partial charge in [0.15, 0.2) is 0 Å². The average molecular weight is 1060 g/mol. The zero-order valence-corrected chi connectivity index (χ0v) is 41.7. The minimum absolute atomic E-state index is 0.00296. The van der Waals surface area contributed by atoms with Crippen LogP contribution in [0.1, 0.15) is 53.9 Å². The minimum atomic E-state index is -4.27.